The van der Waals surface area contributed by atoms with Crippen LogP contribution in [0.5, 0.6) is 0 Å². The minimum absolute atomic E-state index is 0.629. The van der Waals surface area contributed by atoms with Gasteiger partial charge in [-0.3, -0.25) is 4.11 Å². The van der Waals surface area contributed by atoms with Crippen LogP contribution < -0.4 is 0 Å². The molecule has 2 heteroatoms. The zero-order valence-corrected chi connectivity index (χ0v) is 7.29. The third kappa shape index (κ3) is 2.66. The van der Waals surface area contributed by atoms with Crippen LogP contribution in [0, 0.1) is 11.5 Å². The SMILES string of the molecule is CC#C[Si](F)(CC)CC. The molecule has 0 saturated heterocycles. The molecule has 9 heavy (non-hydrogen) atoms. The molecule has 0 unspecified atom stereocenters. The lowest BCUT2D eigenvalue weighted by Gasteiger charge is -2.08. The maximum absolute atomic E-state index is 13.2. The summed E-state index contributed by atoms with van der Waals surface area (Å²) in [7, 11) is -2.56. The monoisotopic (exact) mass is 144 g/mol. The Labute approximate surface area is 57.6 Å². The van der Waals surface area contributed by atoms with Crippen molar-refractivity contribution in [1.29, 1.82) is 0 Å². The van der Waals surface area contributed by atoms with Gasteiger partial charge in [0.1, 0.15) is 0 Å². The summed E-state index contributed by atoms with van der Waals surface area (Å²) in [5.74, 6) is 2.65. The summed E-state index contributed by atoms with van der Waals surface area (Å²) in [5, 5.41) is 0. The lowest BCUT2D eigenvalue weighted by molar-refractivity contribution is 0.788. The highest BCUT2D eigenvalue weighted by Gasteiger charge is 2.26. The Morgan fingerprint density at radius 1 is 1.33 bits per heavy atom. The van der Waals surface area contributed by atoms with Gasteiger partial charge < -0.3 is 0 Å². The van der Waals surface area contributed by atoms with E-state index in [1.807, 2.05) is 13.8 Å². The number of hydrogen-bond donors (Lipinski definition) is 0. The molecule has 0 aliphatic rings. The largest absolute Gasteiger partial charge is 0.322 e. The molecule has 0 aliphatic carbocycles. The molecular weight excluding hydrogens is 131 g/mol. The van der Waals surface area contributed by atoms with Crippen LogP contribution >= 0.6 is 0 Å². The standard InChI is InChI=1S/C7H13FSi/c1-4-7-9(8,5-2)6-3/h5-6H2,1-3H3. The van der Waals surface area contributed by atoms with Crippen LogP contribution in [0.1, 0.15) is 20.8 Å². The summed E-state index contributed by atoms with van der Waals surface area (Å²) >= 11 is 0. The van der Waals surface area contributed by atoms with Gasteiger partial charge in [-0.05, 0) is 19.0 Å². The summed E-state index contributed by atoms with van der Waals surface area (Å²) in [6, 6.07) is 1.26. The van der Waals surface area contributed by atoms with Crippen molar-refractivity contribution in [2.24, 2.45) is 0 Å². The lowest BCUT2D eigenvalue weighted by Crippen LogP contribution is -2.23. The molecule has 0 spiro atoms. The molecule has 52 valence electrons. The van der Waals surface area contributed by atoms with Gasteiger partial charge in [-0.25, -0.2) is 0 Å². The second-order valence-corrected chi connectivity index (χ2v) is 5.64. The number of hydrogen-bond acceptors (Lipinski definition) is 0. The van der Waals surface area contributed by atoms with Crippen LogP contribution in [0.25, 0.3) is 0 Å². The molecule has 0 fully saturated rings. The van der Waals surface area contributed by atoms with Gasteiger partial charge in [0.2, 0.25) is 0 Å². The molecule has 0 bridgehead atoms. The van der Waals surface area contributed by atoms with Crippen molar-refractivity contribution >= 4 is 8.41 Å². The molecule has 0 amide bonds. The minimum atomic E-state index is -2.56. The smallest absolute Gasteiger partial charge is 0.297 e. The average Bonchev–Trinajstić information content (AvgIpc) is 1.89. The first-order valence-corrected chi connectivity index (χ1v) is 5.60. The Hall–Kier alpha value is -0.293. The van der Waals surface area contributed by atoms with E-state index in [4.69, 9.17) is 0 Å². The Kier molecular flexibility index (Phi) is 3.56. The van der Waals surface area contributed by atoms with Crippen LogP contribution in [0.15, 0.2) is 0 Å². The van der Waals surface area contributed by atoms with Crippen molar-refractivity contribution in [3.05, 3.63) is 0 Å². The predicted octanol–water partition coefficient (Wildman–Crippen LogP) is 2.50. The maximum Gasteiger partial charge on any atom is 0.322 e. The van der Waals surface area contributed by atoms with Crippen LogP contribution in [-0.4, -0.2) is 8.41 Å². The Morgan fingerprint density at radius 2 is 1.78 bits per heavy atom. The highest BCUT2D eigenvalue weighted by atomic mass is 28.4. The van der Waals surface area contributed by atoms with E-state index in [-0.39, 0.29) is 0 Å². The van der Waals surface area contributed by atoms with Crippen molar-refractivity contribution in [1.82, 2.24) is 0 Å². The molecule has 0 rings (SSSR count). The lowest BCUT2D eigenvalue weighted by atomic mass is 10.8. The Bertz CT molecular complexity index is 128. The zero-order chi connectivity index (χ0) is 7.33. The molecule has 0 aliphatic heterocycles. The van der Waals surface area contributed by atoms with E-state index in [0.29, 0.717) is 12.1 Å². The molecule has 0 N–H and O–H groups in total. The van der Waals surface area contributed by atoms with Gasteiger partial charge in [-0.2, -0.15) is 0 Å². The van der Waals surface area contributed by atoms with Gasteiger partial charge in [-0.15, -0.1) is 5.92 Å². The molecular formula is C7H13FSi. The molecule has 0 heterocycles. The first kappa shape index (κ1) is 8.71. The van der Waals surface area contributed by atoms with Gasteiger partial charge in [0, 0.05) is 0 Å². The maximum atomic E-state index is 13.2. The fourth-order valence-corrected chi connectivity index (χ4v) is 1.95. The van der Waals surface area contributed by atoms with Gasteiger partial charge in [0.15, 0.2) is 0 Å². The molecule has 0 aromatic rings. The van der Waals surface area contributed by atoms with Crippen molar-refractivity contribution in [3.63, 3.8) is 0 Å². The van der Waals surface area contributed by atoms with Gasteiger partial charge in [0.25, 0.3) is 0 Å². The second kappa shape index (κ2) is 3.68. The van der Waals surface area contributed by atoms with Crippen LogP contribution in [0.2, 0.25) is 12.1 Å². The van der Waals surface area contributed by atoms with Crippen LogP contribution in [0.4, 0.5) is 4.11 Å². The third-order valence-corrected chi connectivity index (χ3v) is 4.41. The van der Waals surface area contributed by atoms with Gasteiger partial charge in [0.05, 0.1) is 0 Å². The molecule has 0 saturated carbocycles. The fourth-order valence-electron chi connectivity index (χ4n) is 0.651. The highest BCUT2D eigenvalue weighted by molar-refractivity contribution is 6.80. The molecule has 0 aromatic carbocycles. The van der Waals surface area contributed by atoms with Crippen molar-refractivity contribution < 1.29 is 4.11 Å². The van der Waals surface area contributed by atoms with E-state index >= 15 is 0 Å². The molecule has 0 radical (unpaired) electrons. The summed E-state index contributed by atoms with van der Waals surface area (Å²) in [5.41, 5.74) is 2.68. The van der Waals surface area contributed by atoms with Crippen LogP contribution in [-0.2, 0) is 0 Å². The first-order chi connectivity index (χ1) is 4.18. The Morgan fingerprint density at radius 3 is 1.89 bits per heavy atom. The van der Waals surface area contributed by atoms with E-state index in [2.05, 4.69) is 11.5 Å². The summed E-state index contributed by atoms with van der Waals surface area (Å²) in [6.45, 7) is 5.45. The van der Waals surface area contributed by atoms with E-state index in [0.717, 1.165) is 0 Å². The fraction of sp³-hybridized carbons (Fsp3) is 0.714. The summed E-state index contributed by atoms with van der Waals surface area (Å²) < 4.78 is 13.2. The number of rotatable bonds is 2. The molecule has 0 nitrogen and oxygen atoms in total. The average molecular weight is 144 g/mol. The number of halogens is 1. The summed E-state index contributed by atoms with van der Waals surface area (Å²) in [4.78, 5) is 0. The summed E-state index contributed by atoms with van der Waals surface area (Å²) in [6.07, 6.45) is 0. The van der Waals surface area contributed by atoms with E-state index in [9.17, 15) is 4.11 Å². The predicted molar refractivity (Wildman–Crippen MR) is 41.3 cm³/mol. The van der Waals surface area contributed by atoms with E-state index in [1.165, 1.54) is 0 Å². The molecule has 0 atom stereocenters. The van der Waals surface area contributed by atoms with E-state index in [1.54, 1.807) is 6.92 Å². The van der Waals surface area contributed by atoms with Crippen molar-refractivity contribution in [2.75, 3.05) is 0 Å². The second-order valence-electron chi connectivity index (χ2n) is 2.05. The van der Waals surface area contributed by atoms with Gasteiger partial charge >= 0.3 is 8.41 Å². The topological polar surface area (TPSA) is 0 Å². The highest BCUT2D eigenvalue weighted by Crippen LogP contribution is 2.14. The first-order valence-electron chi connectivity index (χ1n) is 3.31. The minimum Gasteiger partial charge on any atom is -0.297 e. The quantitative estimate of drug-likeness (QED) is 0.317. The zero-order valence-electron chi connectivity index (χ0n) is 6.29. The molecule has 0 aromatic heterocycles. The van der Waals surface area contributed by atoms with Crippen molar-refractivity contribution in [3.8, 4) is 11.5 Å². The third-order valence-electron chi connectivity index (χ3n) is 1.47. The Balaban J connectivity index is 4.03. The van der Waals surface area contributed by atoms with Crippen LogP contribution in [0.3, 0.4) is 0 Å². The van der Waals surface area contributed by atoms with E-state index < -0.39 is 8.41 Å². The van der Waals surface area contributed by atoms with Crippen molar-refractivity contribution in [2.45, 2.75) is 32.9 Å². The normalized spacial score (nSPS) is 10.2. The van der Waals surface area contributed by atoms with Gasteiger partial charge in [-0.1, -0.05) is 19.4 Å².